The third-order valence-corrected chi connectivity index (χ3v) is 9.85. The predicted octanol–water partition coefficient (Wildman–Crippen LogP) is 7.51. The Morgan fingerprint density at radius 2 is 0.796 bits per heavy atom. The first kappa shape index (κ1) is 33.5. The average molecular weight is 717 g/mol. The molecule has 0 aromatic heterocycles. The summed E-state index contributed by atoms with van der Waals surface area (Å²) < 4.78 is 13.6. The molecule has 8 bridgehead atoms. The van der Waals surface area contributed by atoms with Crippen molar-refractivity contribution in [1.82, 2.24) is 10.9 Å². The molecule has 0 saturated carbocycles. The number of guanidine groups is 2. The number of unbranched alkanes of at least 4 members (excludes halogenated alkanes) is 6. The summed E-state index contributed by atoms with van der Waals surface area (Å²) in [5.74, 6) is 4.82. The number of rotatable bonds is 12. The van der Waals surface area contributed by atoms with Crippen LogP contribution in [0.2, 0.25) is 0 Å². The Bertz CT molecular complexity index is 2430. The first-order valence-electron chi connectivity index (χ1n) is 19.0. The molecule has 0 spiro atoms. The molecule has 2 N–H and O–H groups in total. The van der Waals surface area contributed by atoms with Crippen LogP contribution >= 0.6 is 0 Å². The van der Waals surface area contributed by atoms with Crippen molar-refractivity contribution in [2.75, 3.05) is 13.2 Å². The molecule has 54 heavy (non-hydrogen) atoms. The van der Waals surface area contributed by atoms with Gasteiger partial charge in [0.2, 0.25) is 11.9 Å². The van der Waals surface area contributed by atoms with Crippen molar-refractivity contribution in [2.24, 2.45) is 39.9 Å². The van der Waals surface area contributed by atoms with Crippen LogP contribution in [0.4, 0.5) is 0 Å². The van der Waals surface area contributed by atoms with Gasteiger partial charge in [-0.05, 0) is 12.8 Å². The van der Waals surface area contributed by atoms with E-state index in [0.29, 0.717) is 71.6 Å². The fraction of sp³-hybridized carbons (Fsp3) is 0.286. The molecular formula is C42H40N10O2. The van der Waals surface area contributed by atoms with E-state index in [1.54, 1.807) is 0 Å². The Hall–Kier alpha value is -6.30. The molecule has 12 nitrogen and oxygen atoms in total. The van der Waals surface area contributed by atoms with Crippen LogP contribution in [0.1, 0.15) is 98.6 Å². The monoisotopic (exact) mass is 716 g/mol. The summed E-state index contributed by atoms with van der Waals surface area (Å²) in [7, 11) is 0. The van der Waals surface area contributed by atoms with E-state index in [0.717, 1.165) is 95.5 Å². The Kier molecular flexibility index (Phi) is 9.07. The Labute approximate surface area is 313 Å². The summed E-state index contributed by atoms with van der Waals surface area (Å²) in [6.07, 6.45) is 8.62. The van der Waals surface area contributed by atoms with Crippen molar-refractivity contribution in [2.45, 2.75) is 65.2 Å². The SMILES string of the molecule is CCCCCCOc1c2c(c(OCCCCCC)c3ccccc13)C1=NC2=NC2=NC(=NC3=NC(=NC4=NC(=N1)c1ccccc14)NN3)c1ccccc12. The zero-order valence-electron chi connectivity index (χ0n) is 30.4. The van der Waals surface area contributed by atoms with Gasteiger partial charge in [-0.15, -0.1) is 0 Å². The Morgan fingerprint density at radius 1 is 0.407 bits per heavy atom. The Morgan fingerprint density at radius 3 is 1.30 bits per heavy atom. The highest BCUT2D eigenvalue weighted by Crippen LogP contribution is 2.45. The summed E-state index contributed by atoms with van der Waals surface area (Å²) >= 11 is 0. The predicted molar refractivity (Wildman–Crippen MR) is 216 cm³/mol. The zero-order chi connectivity index (χ0) is 36.4. The van der Waals surface area contributed by atoms with Gasteiger partial charge < -0.3 is 9.47 Å². The first-order chi connectivity index (χ1) is 26.7. The molecule has 0 unspecified atom stereocenters. The lowest BCUT2D eigenvalue weighted by molar-refractivity contribution is 0.301. The molecule has 0 amide bonds. The highest BCUT2D eigenvalue weighted by molar-refractivity contribution is 6.35. The molecule has 5 aliphatic heterocycles. The number of aliphatic imine (C=N–C) groups is 8. The number of nitrogens with one attached hydrogen (secondary N) is 2. The number of hydrogen-bond donors (Lipinski definition) is 2. The van der Waals surface area contributed by atoms with Crippen LogP contribution in [-0.2, 0) is 0 Å². The smallest absolute Gasteiger partial charge is 0.247 e. The zero-order valence-corrected chi connectivity index (χ0v) is 30.4. The fourth-order valence-corrected chi connectivity index (χ4v) is 7.19. The minimum absolute atomic E-state index is 0.321. The van der Waals surface area contributed by atoms with Gasteiger partial charge in [0.05, 0.1) is 24.3 Å². The number of amidine groups is 6. The molecule has 0 aliphatic carbocycles. The van der Waals surface area contributed by atoms with Gasteiger partial charge in [-0.2, -0.15) is 15.0 Å². The first-order valence-corrected chi connectivity index (χ1v) is 19.0. The van der Waals surface area contributed by atoms with E-state index in [4.69, 9.17) is 44.4 Å². The molecule has 270 valence electrons. The molecule has 12 heteroatoms. The van der Waals surface area contributed by atoms with Crippen LogP contribution in [0.15, 0.2) is 113 Å². The van der Waals surface area contributed by atoms with Crippen LogP contribution in [-0.4, -0.2) is 60.1 Å². The normalized spacial score (nSPS) is 16.0. The molecule has 5 heterocycles. The van der Waals surface area contributed by atoms with Crippen LogP contribution in [0.25, 0.3) is 10.8 Å². The second-order valence-corrected chi connectivity index (χ2v) is 13.6. The van der Waals surface area contributed by atoms with Crippen molar-refractivity contribution in [3.8, 4) is 11.5 Å². The largest absolute Gasteiger partial charge is 0.492 e. The number of nitrogens with zero attached hydrogens (tertiary/aromatic N) is 8. The van der Waals surface area contributed by atoms with Gasteiger partial charge in [0.1, 0.15) is 11.5 Å². The molecule has 0 atom stereocenters. The van der Waals surface area contributed by atoms with Crippen LogP contribution in [0, 0.1) is 0 Å². The lowest BCUT2D eigenvalue weighted by atomic mass is 9.97. The van der Waals surface area contributed by atoms with E-state index in [1.165, 1.54) is 0 Å². The third-order valence-electron chi connectivity index (χ3n) is 9.85. The van der Waals surface area contributed by atoms with Crippen molar-refractivity contribution < 1.29 is 9.47 Å². The highest BCUT2D eigenvalue weighted by Gasteiger charge is 2.36. The lowest BCUT2D eigenvalue weighted by Crippen LogP contribution is -2.32. The molecule has 0 radical (unpaired) electrons. The second kappa shape index (κ2) is 14.6. The molecule has 4 aromatic carbocycles. The number of ether oxygens (including phenoxy) is 2. The topological polar surface area (TPSA) is 141 Å². The van der Waals surface area contributed by atoms with Gasteiger partial charge in [-0.3, -0.25) is 10.9 Å². The standard InChI is InChI=1S/C42H40N10O2/c1-3-5-7-15-23-53-33-25-17-9-10-18-26(25)34(54-24-16-8-6-4-2)32-31(33)39-45-35-27-19-11-13-21-29(27)37(43-35)48-41-50-42(52-51-41)49-38-30-22-14-12-20-28(30)36(44-38)46-40(32)47-39/h9-14,17-22H,3-8,15-16,23-24H2,1-2H3,(H2,43,44,45,46,47,48,49,50,51,52). The summed E-state index contributed by atoms with van der Waals surface area (Å²) in [5, 5.41) is 1.87. The maximum absolute atomic E-state index is 6.80. The molecule has 4 aromatic rings. The van der Waals surface area contributed by atoms with Crippen molar-refractivity contribution >= 4 is 57.7 Å². The molecule has 0 saturated heterocycles. The minimum Gasteiger partial charge on any atom is -0.492 e. The lowest BCUT2D eigenvalue weighted by Gasteiger charge is -2.19. The summed E-state index contributed by atoms with van der Waals surface area (Å²) in [5.41, 5.74) is 10.8. The molecule has 9 rings (SSSR count). The number of hydrazine groups is 1. The van der Waals surface area contributed by atoms with E-state index in [9.17, 15) is 0 Å². The van der Waals surface area contributed by atoms with Gasteiger partial charge in [0.25, 0.3) is 0 Å². The number of hydrogen-bond acceptors (Lipinski definition) is 12. The number of fused-ring (bicyclic) bond motifs is 14. The summed E-state index contributed by atoms with van der Waals surface area (Å²) in [4.78, 5) is 39.7. The van der Waals surface area contributed by atoms with Gasteiger partial charge >= 0.3 is 0 Å². The van der Waals surface area contributed by atoms with Gasteiger partial charge in [-0.25, -0.2) is 25.0 Å². The van der Waals surface area contributed by atoms with E-state index in [-0.39, 0.29) is 0 Å². The van der Waals surface area contributed by atoms with Crippen molar-refractivity contribution in [1.29, 1.82) is 0 Å². The highest BCUT2D eigenvalue weighted by atomic mass is 16.5. The minimum atomic E-state index is 0.321. The van der Waals surface area contributed by atoms with Gasteiger partial charge in [-0.1, -0.05) is 125 Å². The van der Waals surface area contributed by atoms with E-state index < -0.39 is 0 Å². The van der Waals surface area contributed by atoms with Crippen molar-refractivity contribution in [3.63, 3.8) is 0 Å². The quantitative estimate of drug-likeness (QED) is 0.146. The molecular weight excluding hydrogens is 677 g/mol. The molecule has 5 aliphatic rings. The van der Waals surface area contributed by atoms with E-state index >= 15 is 0 Å². The van der Waals surface area contributed by atoms with E-state index in [1.807, 2.05) is 60.7 Å². The summed E-state index contributed by atoms with van der Waals surface area (Å²) in [6, 6.07) is 24.0. The van der Waals surface area contributed by atoms with Crippen LogP contribution < -0.4 is 20.3 Å². The van der Waals surface area contributed by atoms with Crippen LogP contribution in [0.5, 0.6) is 11.5 Å². The maximum Gasteiger partial charge on any atom is 0.247 e. The molecule has 0 fully saturated rings. The van der Waals surface area contributed by atoms with E-state index in [2.05, 4.69) is 41.8 Å². The second-order valence-electron chi connectivity index (χ2n) is 13.6. The fourth-order valence-electron chi connectivity index (χ4n) is 7.19. The van der Waals surface area contributed by atoms with Crippen molar-refractivity contribution in [3.05, 3.63) is 106 Å². The summed E-state index contributed by atoms with van der Waals surface area (Å²) in [6.45, 7) is 5.53. The third kappa shape index (κ3) is 6.17. The van der Waals surface area contributed by atoms with Gasteiger partial charge in [0.15, 0.2) is 35.0 Å². The number of benzene rings is 4. The maximum atomic E-state index is 6.80. The van der Waals surface area contributed by atoms with Crippen LogP contribution in [0.3, 0.4) is 0 Å². The average Bonchev–Trinajstić information content (AvgIpc) is 3.97. The Balaban J connectivity index is 1.30. The van der Waals surface area contributed by atoms with Gasteiger partial charge in [0, 0.05) is 33.0 Å².